The molecular weight excluding hydrogens is 362 g/mol. The molecule has 7 heteroatoms. The van der Waals surface area contributed by atoms with Crippen molar-refractivity contribution in [2.45, 2.75) is 0 Å². The predicted octanol–water partition coefficient (Wildman–Crippen LogP) is 3.57. The van der Waals surface area contributed by atoms with Crippen molar-refractivity contribution in [1.29, 1.82) is 0 Å². The molecule has 0 spiro atoms. The van der Waals surface area contributed by atoms with Gasteiger partial charge in [-0.1, -0.05) is 24.3 Å². The van der Waals surface area contributed by atoms with Gasteiger partial charge >= 0.3 is 5.97 Å². The predicted molar refractivity (Wildman–Crippen MR) is 105 cm³/mol. The third-order valence-electron chi connectivity index (χ3n) is 4.12. The lowest BCUT2D eigenvalue weighted by molar-refractivity contribution is -0.118. The van der Waals surface area contributed by atoms with Gasteiger partial charge in [0.05, 0.1) is 19.9 Å². The molecule has 2 N–H and O–H groups in total. The Balaban J connectivity index is 1.76. The molecule has 3 aromatic carbocycles. The molecule has 0 saturated carbocycles. The normalized spacial score (nSPS) is 10.4. The lowest BCUT2D eigenvalue weighted by Gasteiger charge is -2.13. The maximum atomic E-state index is 12.3. The summed E-state index contributed by atoms with van der Waals surface area (Å²) in [7, 11) is 3.01. The minimum absolute atomic E-state index is 0.00599. The number of carbonyl (C=O) groups excluding carboxylic acids is 1. The summed E-state index contributed by atoms with van der Waals surface area (Å²) in [6.45, 7) is -0.353. The molecule has 0 bridgehead atoms. The van der Waals surface area contributed by atoms with Gasteiger partial charge in [-0.05, 0) is 35.0 Å². The number of fused-ring (bicyclic) bond motifs is 1. The fourth-order valence-corrected chi connectivity index (χ4v) is 2.74. The Morgan fingerprint density at radius 2 is 1.64 bits per heavy atom. The second kappa shape index (κ2) is 8.30. The zero-order valence-electron chi connectivity index (χ0n) is 15.4. The molecule has 0 aliphatic carbocycles. The number of carboxylic acid groups (broad SMARTS) is 1. The molecule has 0 saturated heterocycles. The van der Waals surface area contributed by atoms with Crippen LogP contribution in [-0.2, 0) is 4.79 Å². The zero-order chi connectivity index (χ0) is 20.1. The van der Waals surface area contributed by atoms with E-state index in [9.17, 15) is 14.7 Å². The Kier molecular flexibility index (Phi) is 5.64. The monoisotopic (exact) mass is 381 g/mol. The number of nitrogens with one attached hydrogen (secondary N) is 1. The maximum Gasteiger partial charge on any atom is 0.339 e. The summed E-state index contributed by atoms with van der Waals surface area (Å²) in [6.07, 6.45) is 0. The van der Waals surface area contributed by atoms with E-state index in [-0.39, 0.29) is 17.9 Å². The summed E-state index contributed by atoms with van der Waals surface area (Å²) >= 11 is 0. The number of anilines is 1. The van der Waals surface area contributed by atoms with E-state index in [0.717, 1.165) is 10.8 Å². The molecule has 0 radical (unpaired) electrons. The Morgan fingerprint density at radius 1 is 0.929 bits per heavy atom. The Morgan fingerprint density at radius 3 is 2.29 bits per heavy atom. The highest BCUT2D eigenvalue weighted by Crippen LogP contribution is 2.29. The Bertz CT molecular complexity index is 1030. The number of amides is 1. The van der Waals surface area contributed by atoms with Crippen LogP contribution < -0.4 is 19.5 Å². The highest BCUT2D eigenvalue weighted by atomic mass is 16.5. The van der Waals surface area contributed by atoms with Gasteiger partial charge in [0.1, 0.15) is 22.8 Å². The van der Waals surface area contributed by atoms with Gasteiger partial charge in [0.2, 0.25) is 0 Å². The van der Waals surface area contributed by atoms with Crippen molar-refractivity contribution in [2.75, 3.05) is 26.1 Å². The van der Waals surface area contributed by atoms with Crippen LogP contribution in [0, 0.1) is 0 Å². The highest BCUT2D eigenvalue weighted by molar-refractivity contribution is 5.98. The van der Waals surface area contributed by atoms with E-state index in [1.54, 1.807) is 24.3 Å². The fourth-order valence-electron chi connectivity index (χ4n) is 2.74. The highest BCUT2D eigenvalue weighted by Gasteiger charge is 2.15. The molecule has 0 fully saturated rings. The first-order chi connectivity index (χ1) is 13.5. The molecule has 0 aliphatic rings. The minimum Gasteiger partial charge on any atom is -0.497 e. The molecule has 3 rings (SSSR count). The number of carbonyl (C=O) groups is 2. The van der Waals surface area contributed by atoms with Gasteiger partial charge in [-0.3, -0.25) is 4.79 Å². The van der Waals surface area contributed by atoms with Crippen LogP contribution in [-0.4, -0.2) is 37.8 Å². The molecule has 3 aromatic rings. The van der Waals surface area contributed by atoms with Gasteiger partial charge in [-0.15, -0.1) is 0 Å². The van der Waals surface area contributed by atoms with Gasteiger partial charge in [0.25, 0.3) is 5.91 Å². The van der Waals surface area contributed by atoms with E-state index in [4.69, 9.17) is 14.2 Å². The minimum atomic E-state index is -1.13. The number of aromatic carboxylic acids is 1. The van der Waals surface area contributed by atoms with Crippen molar-refractivity contribution in [1.82, 2.24) is 0 Å². The first-order valence-corrected chi connectivity index (χ1v) is 8.42. The summed E-state index contributed by atoms with van der Waals surface area (Å²) in [4.78, 5) is 23.8. The van der Waals surface area contributed by atoms with E-state index < -0.39 is 11.9 Å². The molecule has 28 heavy (non-hydrogen) atoms. The molecule has 7 nitrogen and oxygen atoms in total. The molecule has 144 valence electrons. The van der Waals surface area contributed by atoms with Crippen LogP contribution in [0.3, 0.4) is 0 Å². The summed E-state index contributed by atoms with van der Waals surface area (Å²) in [5, 5.41) is 13.7. The average Bonchev–Trinajstić information content (AvgIpc) is 2.71. The first kappa shape index (κ1) is 19.0. The number of ether oxygens (including phenoxy) is 3. The van der Waals surface area contributed by atoms with Gasteiger partial charge in [0.15, 0.2) is 6.61 Å². The molecule has 0 unspecified atom stereocenters. The average molecular weight is 381 g/mol. The third-order valence-corrected chi connectivity index (χ3v) is 4.12. The summed E-state index contributed by atoms with van der Waals surface area (Å²) in [5.41, 5.74) is 0.447. The van der Waals surface area contributed by atoms with Crippen LogP contribution in [0.15, 0.2) is 54.6 Å². The van der Waals surface area contributed by atoms with Crippen molar-refractivity contribution in [3.05, 3.63) is 60.2 Å². The van der Waals surface area contributed by atoms with Crippen molar-refractivity contribution < 1.29 is 28.9 Å². The number of methoxy groups -OCH3 is 2. The molecule has 0 atom stereocenters. The van der Waals surface area contributed by atoms with Crippen LogP contribution >= 0.6 is 0 Å². The van der Waals surface area contributed by atoms with Gasteiger partial charge in [-0.2, -0.15) is 0 Å². The van der Waals surface area contributed by atoms with Crippen molar-refractivity contribution in [3.63, 3.8) is 0 Å². The van der Waals surface area contributed by atoms with Gasteiger partial charge < -0.3 is 24.6 Å². The van der Waals surface area contributed by atoms with E-state index in [0.29, 0.717) is 17.2 Å². The number of benzene rings is 3. The number of rotatable bonds is 7. The Hall–Kier alpha value is -3.74. The van der Waals surface area contributed by atoms with Gasteiger partial charge in [0, 0.05) is 6.07 Å². The lowest BCUT2D eigenvalue weighted by Crippen LogP contribution is -2.21. The Labute approximate surface area is 161 Å². The lowest BCUT2D eigenvalue weighted by atomic mass is 10.1. The fraction of sp³-hybridized carbons (Fsp3) is 0.143. The van der Waals surface area contributed by atoms with Crippen molar-refractivity contribution in [2.24, 2.45) is 0 Å². The van der Waals surface area contributed by atoms with E-state index >= 15 is 0 Å². The molecule has 0 aromatic heterocycles. The van der Waals surface area contributed by atoms with E-state index in [1.807, 2.05) is 24.3 Å². The third kappa shape index (κ3) is 4.15. The second-order valence-corrected chi connectivity index (χ2v) is 5.90. The van der Waals surface area contributed by atoms with Crippen molar-refractivity contribution in [3.8, 4) is 17.2 Å². The molecule has 1 amide bonds. The number of hydrogen-bond acceptors (Lipinski definition) is 5. The molecule has 0 aliphatic heterocycles. The van der Waals surface area contributed by atoms with Crippen LogP contribution in [0.4, 0.5) is 5.69 Å². The standard InChI is InChI=1S/C21H19NO6/c1-26-15-7-8-17(19(11-15)27-2)22-20(23)12-28-18-10-14-6-4-3-5-13(14)9-16(18)21(24)25/h3-11H,12H2,1-2H3,(H,22,23)(H,24,25). The van der Waals surface area contributed by atoms with Crippen LogP contribution in [0.5, 0.6) is 17.2 Å². The summed E-state index contributed by atoms with van der Waals surface area (Å²) in [6, 6.07) is 15.4. The van der Waals surface area contributed by atoms with Gasteiger partial charge in [-0.25, -0.2) is 4.79 Å². The van der Waals surface area contributed by atoms with E-state index in [2.05, 4.69) is 5.32 Å². The molecule has 0 heterocycles. The quantitative estimate of drug-likeness (QED) is 0.650. The first-order valence-electron chi connectivity index (χ1n) is 8.42. The largest absolute Gasteiger partial charge is 0.497 e. The summed E-state index contributed by atoms with van der Waals surface area (Å²) < 4.78 is 15.9. The smallest absolute Gasteiger partial charge is 0.339 e. The SMILES string of the molecule is COc1ccc(NC(=O)COc2cc3ccccc3cc2C(=O)O)c(OC)c1. The maximum absolute atomic E-state index is 12.3. The second-order valence-electron chi connectivity index (χ2n) is 5.90. The summed E-state index contributed by atoms with van der Waals surface area (Å²) in [5.74, 6) is -0.424. The molecular formula is C21H19NO6. The van der Waals surface area contributed by atoms with Crippen LogP contribution in [0.1, 0.15) is 10.4 Å². The van der Waals surface area contributed by atoms with Crippen LogP contribution in [0.2, 0.25) is 0 Å². The number of hydrogen-bond donors (Lipinski definition) is 2. The zero-order valence-corrected chi connectivity index (χ0v) is 15.4. The van der Waals surface area contributed by atoms with E-state index in [1.165, 1.54) is 20.3 Å². The topological polar surface area (TPSA) is 94.1 Å². The number of carboxylic acids is 1. The van der Waals surface area contributed by atoms with Crippen molar-refractivity contribution >= 4 is 28.3 Å². The van der Waals surface area contributed by atoms with Crippen LogP contribution in [0.25, 0.3) is 10.8 Å².